The molecule has 0 bridgehead atoms. The van der Waals surface area contributed by atoms with Gasteiger partial charge in [0.05, 0.1) is 5.56 Å². The zero-order chi connectivity index (χ0) is 14.0. The average Bonchev–Trinajstić information content (AvgIpc) is 2.39. The number of hydrogen-bond donors (Lipinski definition) is 1. The van der Waals surface area contributed by atoms with Crippen LogP contribution in [0.25, 0.3) is 11.1 Å². The van der Waals surface area contributed by atoms with E-state index in [-0.39, 0.29) is 11.3 Å². The Labute approximate surface area is 109 Å². The van der Waals surface area contributed by atoms with Crippen molar-refractivity contribution in [3.8, 4) is 11.1 Å². The molecule has 0 atom stereocenters. The second-order valence-corrected chi connectivity index (χ2v) is 4.14. The van der Waals surface area contributed by atoms with Crippen LogP contribution in [0.15, 0.2) is 42.5 Å². The lowest BCUT2D eigenvalue weighted by atomic mass is 10.00. The molecule has 0 aromatic heterocycles. The van der Waals surface area contributed by atoms with Crippen molar-refractivity contribution in [1.29, 1.82) is 0 Å². The molecule has 3 nitrogen and oxygen atoms in total. The van der Waals surface area contributed by atoms with Crippen LogP contribution in [0.4, 0.5) is 4.39 Å². The number of hydrogen-bond acceptors (Lipinski definition) is 2. The van der Waals surface area contributed by atoms with E-state index < -0.39 is 11.8 Å². The summed E-state index contributed by atoms with van der Waals surface area (Å²) in [6.45, 7) is 1.45. The SMILES string of the molecule is CC(=O)c1cccc(-c2ccc(F)c(C(=O)O)c2)c1. The topological polar surface area (TPSA) is 54.4 Å². The first-order chi connectivity index (χ1) is 8.99. The third kappa shape index (κ3) is 2.68. The van der Waals surface area contributed by atoms with Gasteiger partial charge in [-0.1, -0.05) is 24.3 Å². The summed E-state index contributed by atoms with van der Waals surface area (Å²) in [6, 6.07) is 10.6. The molecule has 0 saturated carbocycles. The Bertz CT molecular complexity index is 662. The summed E-state index contributed by atoms with van der Waals surface area (Å²) in [4.78, 5) is 22.2. The van der Waals surface area contributed by atoms with Gasteiger partial charge in [0.2, 0.25) is 0 Å². The molecule has 96 valence electrons. The molecule has 2 aromatic carbocycles. The first-order valence-electron chi connectivity index (χ1n) is 5.63. The summed E-state index contributed by atoms with van der Waals surface area (Å²) in [5.41, 5.74) is 1.38. The molecule has 1 N–H and O–H groups in total. The molecule has 0 aliphatic rings. The van der Waals surface area contributed by atoms with Gasteiger partial charge in [0.25, 0.3) is 0 Å². The summed E-state index contributed by atoms with van der Waals surface area (Å²) in [7, 11) is 0. The average molecular weight is 258 g/mol. The highest BCUT2D eigenvalue weighted by Gasteiger charge is 2.12. The maximum absolute atomic E-state index is 13.3. The fourth-order valence-corrected chi connectivity index (χ4v) is 1.79. The van der Waals surface area contributed by atoms with E-state index in [0.29, 0.717) is 16.7 Å². The molecule has 0 radical (unpaired) electrons. The van der Waals surface area contributed by atoms with Crippen molar-refractivity contribution in [3.63, 3.8) is 0 Å². The molecule has 19 heavy (non-hydrogen) atoms. The first-order valence-corrected chi connectivity index (χ1v) is 5.63. The third-order valence-electron chi connectivity index (χ3n) is 2.80. The number of carbonyl (C=O) groups excluding carboxylic acids is 1. The predicted molar refractivity (Wildman–Crippen MR) is 68.8 cm³/mol. The highest BCUT2D eigenvalue weighted by molar-refractivity contribution is 5.95. The smallest absolute Gasteiger partial charge is 0.338 e. The van der Waals surface area contributed by atoms with E-state index in [9.17, 15) is 14.0 Å². The van der Waals surface area contributed by atoms with Crippen LogP contribution in [0.3, 0.4) is 0 Å². The molecule has 0 aliphatic carbocycles. The molecule has 2 rings (SSSR count). The van der Waals surface area contributed by atoms with Gasteiger partial charge in [0, 0.05) is 5.56 Å². The Hall–Kier alpha value is -2.49. The van der Waals surface area contributed by atoms with Gasteiger partial charge in [0.1, 0.15) is 5.82 Å². The molecule has 0 amide bonds. The van der Waals surface area contributed by atoms with Gasteiger partial charge in [-0.3, -0.25) is 4.79 Å². The van der Waals surface area contributed by atoms with Crippen LogP contribution in [-0.2, 0) is 0 Å². The van der Waals surface area contributed by atoms with Crippen LogP contribution in [-0.4, -0.2) is 16.9 Å². The van der Waals surface area contributed by atoms with Gasteiger partial charge in [-0.2, -0.15) is 0 Å². The number of carboxylic acid groups (broad SMARTS) is 1. The number of aromatic carboxylic acids is 1. The molecule has 0 fully saturated rings. The summed E-state index contributed by atoms with van der Waals surface area (Å²) in [5, 5.41) is 8.89. The minimum atomic E-state index is -1.32. The van der Waals surface area contributed by atoms with E-state index in [4.69, 9.17) is 5.11 Å². The van der Waals surface area contributed by atoms with Gasteiger partial charge >= 0.3 is 5.97 Å². The maximum atomic E-state index is 13.3. The zero-order valence-electron chi connectivity index (χ0n) is 10.2. The second-order valence-electron chi connectivity index (χ2n) is 4.14. The number of carboxylic acids is 1. The normalized spacial score (nSPS) is 10.2. The van der Waals surface area contributed by atoms with E-state index >= 15 is 0 Å². The lowest BCUT2D eigenvalue weighted by molar-refractivity contribution is 0.0691. The Morgan fingerprint density at radius 2 is 1.74 bits per heavy atom. The molecular weight excluding hydrogens is 247 g/mol. The van der Waals surface area contributed by atoms with Gasteiger partial charge in [-0.05, 0) is 36.2 Å². The lowest BCUT2D eigenvalue weighted by Gasteiger charge is -2.05. The van der Waals surface area contributed by atoms with E-state index in [1.54, 1.807) is 24.3 Å². The van der Waals surface area contributed by atoms with E-state index in [2.05, 4.69) is 0 Å². The fraction of sp³-hybridized carbons (Fsp3) is 0.0667. The largest absolute Gasteiger partial charge is 0.478 e. The number of ketones is 1. The van der Waals surface area contributed by atoms with E-state index in [0.717, 1.165) is 6.07 Å². The highest BCUT2D eigenvalue weighted by atomic mass is 19.1. The molecule has 0 unspecified atom stereocenters. The molecule has 2 aromatic rings. The quantitative estimate of drug-likeness (QED) is 0.858. The van der Waals surface area contributed by atoms with Crippen LogP contribution in [0.1, 0.15) is 27.6 Å². The van der Waals surface area contributed by atoms with Crippen LogP contribution < -0.4 is 0 Å². The molecule has 0 saturated heterocycles. The molecule has 4 heteroatoms. The Morgan fingerprint density at radius 3 is 2.37 bits per heavy atom. The van der Waals surface area contributed by atoms with Crippen LogP contribution in [0.5, 0.6) is 0 Å². The van der Waals surface area contributed by atoms with E-state index in [1.807, 2.05) is 0 Å². The number of rotatable bonds is 3. The van der Waals surface area contributed by atoms with Crippen LogP contribution >= 0.6 is 0 Å². The number of halogens is 1. The first kappa shape index (κ1) is 13.0. The van der Waals surface area contributed by atoms with E-state index in [1.165, 1.54) is 19.1 Å². The summed E-state index contributed by atoms with van der Waals surface area (Å²) in [5.74, 6) is -2.18. The maximum Gasteiger partial charge on any atom is 0.338 e. The summed E-state index contributed by atoms with van der Waals surface area (Å²) < 4.78 is 13.3. The predicted octanol–water partition coefficient (Wildman–Crippen LogP) is 3.39. The minimum Gasteiger partial charge on any atom is -0.478 e. The standard InChI is InChI=1S/C15H11FO3/c1-9(17)10-3-2-4-11(7-10)12-5-6-14(16)13(8-12)15(18)19/h2-8H,1H3,(H,18,19). The van der Waals surface area contributed by atoms with Crippen molar-refractivity contribution in [3.05, 3.63) is 59.4 Å². The zero-order valence-corrected chi connectivity index (χ0v) is 10.2. The van der Waals surface area contributed by atoms with Crippen LogP contribution in [0, 0.1) is 5.82 Å². The molecular formula is C15H11FO3. The molecule has 0 heterocycles. The number of Topliss-reactive ketones (excluding diaryl/α,β-unsaturated/α-hetero) is 1. The van der Waals surface area contributed by atoms with Crippen molar-refractivity contribution < 1.29 is 19.1 Å². The fourth-order valence-electron chi connectivity index (χ4n) is 1.79. The molecule has 0 aliphatic heterocycles. The Kier molecular flexibility index (Phi) is 3.42. The van der Waals surface area contributed by atoms with Gasteiger partial charge in [-0.15, -0.1) is 0 Å². The Morgan fingerprint density at radius 1 is 1.05 bits per heavy atom. The van der Waals surface area contributed by atoms with Crippen molar-refractivity contribution in [2.45, 2.75) is 6.92 Å². The minimum absolute atomic E-state index is 0.0811. The monoisotopic (exact) mass is 258 g/mol. The van der Waals surface area contributed by atoms with Crippen molar-refractivity contribution >= 4 is 11.8 Å². The van der Waals surface area contributed by atoms with Gasteiger partial charge < -0.3 is 5.11 Å². The molecule has 0 spiro atoms. The summed E-state index contributed by atoms with van der Waals surface area (Å²) >= 11 is 0. The number of benzene rings is 2. The van der Waals surface area contributed by atoms with Gasteiger partial charge in [-0.25, -0.2) is 9.18 Å². The van der Waals surface area contributed by atoms with Crippen molar-refractivity contribution in [2.75, 3.05) is 0 Å². The van der Waals surface area contributed by atoms with Crippen molar-refractivity contribution in [1.82, 2.24) is 0 Å². The lowest BCUT2D eigenvalue weighted by Crippen LogP contribution is -2.00. The van der Waals surface area contributed by atoms with Crippen LogP contribution in [0.2, 0.25) is 0 Å². The third-order valence-corrected chi connectivity index (χ3v) is 2.80. The van der Waals surface area contributed by atoms with Gasteiger partial charge in [0.15, 0.2) is 5.78 Å². The van der Waals surface area contributed by atoms with Crippen molar-refractivity contribution in [2.24, 2.45) is 0 Å². The number of carbonyl (C=O) groups is 2. The summed E-state index contributed by atoms with van der Waals surface area (Å²) in [6.07, 6.45) is 0. The Balaban J connectivity index is 2.53. The highest BCUT2D eigenvalue weighted by Crippen LogP contribution is 2.23. The second kappa shape index (κ2) is 5.02.